The van der Waals surface area contributed by atoms with Gasteiger partial charge in [0.25, 0.3) is 0 Å². The molecule has 0 saturated heterocycles. The normalized spacial score (nSPS) is 18.9. The first-order chi connectivity index (χ1) is 16.3. The number of nitrogen functional groups attached to an aromatic ring is 1. The van der Waals surface area contributed by atoms with Gasteiger partial charge in [-0.1, -0.05) is 6.07 Å². The molecule has 0 amide bonds. The first-order valence-corrected chi connectivity index (χ1v) is 12.7. The van der Waals surface area contributed by atoms with E-state index >= 15 is 0 Å². The van der Waals surface area contributed by atoms with Crippen LogP contribution in [0.25, 0.3) is 28.2 Å². The minimum Gasteiger partial charge on any atom is -0.393 e. The first kappa shape index (κ1) is 22.5. The van der Waals surface area contributed by atoms with E-state index in [2.05, 4.69) is 19.7 Å². The molecule has 3 aromatic heterocycles. The lowest BCUT2D eigenvalue weighted by molar-refractivity contribution is 0.120. The molecule has 34 heavy (non-hydrogen) atoms. The molecule has 1 aliphatic carbocycles. The number of sulfonamides is 1. The monoisotopic (exact) mass is 478 g/mol. The van der Waals surface area contributed by atoms with Gasteiger partial charge in [-0.15, -0.1) is 0 Å². The van der Waals surface area contributed by atoms with Crippen LogP contribution in [-0.2, 0) is 10.0 Å². The number of rotatable bonds is 5. The molecule has 4 N–H and O–H groups in total. The van der Waals surface area contributed by atoms with Crippen LogP contribution in [0.4, 0.5) is 5.82 Å². The molecule has 10 heteroatoms. The number of benzene rings is 1. The molecule has 0 bridgehead atoms. The van der Waals surface area contributed by atoms with E-state index in [1.807, 2.05) is 29.7 Å². The number of pyridine rings is 1. The molecule has 1 fully saturated rings. The van der Waals surface area contributed by atoms with E-state index < -0.39 is 10.0 Å². The van der Waals surface area contributed by atoms with Crippen molar-refractivity contribution < 1.29 is 13.5 Å². The molecule has 3 heterocycles. The average molecular weight is 479 g/mol. The van der Waals surface area contributed by atoms with Gasteiger partial charge in [-0.25, -0.2) is 23.1 Å². The van der Waals surface area contributed by atoms with Crippen molar-refractivity contribution in [2.45, 2.75) is 49.6 Å². The number of aryl methyl sites for hydroxylation is 1. The minimum absolute atomic E-state index is 0.179. The van der Waals surface area contributed by atoms with Crippen molar-refractivity contribution in [3.05, 3.63) is 60.7 Å². The Bertz CT molecular complexity index is 1440. The SMILES string of the molecule is Cc1ccc(S(=O)(=O)N[C@H]2CC[C@H](O)CC2)cc1-c1cnc2c(N)nc(-c3cccnc3)cn12. The van der Waals surface area contributed by atoms with Gasteiger partial charge in [-0.05, 0) is 62.4 Å². The van der Waals surface area contributed by atoms with E-state index in [9.17, 15) is 13.5 Å². The maximum absolute atomic E-state index is 13.1. The fourth-order valence-electron chi connectivity index (χ4n) is 4.39. The quantitative estimate of drug-likeness (QED) is 0.401. The molecule has 1 aliphatic rings. The number of aliphatic hydroxyl groups is 1. The van der Waals surface area contributed by atoms with Crippen molar-refractivity contribution in [2.24, 2.45) is 0 Å². The Balaban J connectivity index is 1.55. The zero-order valence-corrected chi connectivity index (χ0v) is 19.5. The lowest BCUT2D eigenvalue weighted by Gasteiger charge is -2.26. The van der Waals surface area contributed by atoms with Gasteiger partial charge in [0.05, 0.1) is 28.6 Å². The number of fused-ring (bicyclic) bond motifs is 1. The van der Waals surface area contributed by atoms with Crippen LogP contribution < -0.4 is 10.5 Å². The summed E-state index contributed by atoms with van der Waals surface area (Å²) in [6.07, 6.45) is 9.00. The fourth-order valence-corrected chi connectivity index (χ4v) is 5.72. The lowest BCUT2D eigenvalue weighted by atomic mass is 9.94. The molecule has 0 unspecified atom stereocenters. The molecular formula is C24H26N6O3S. The highest BCUT2D eigenvalue weighted by molar-refractivity contribution is 7.89. The Morgan fingerprint density at radius 2 is 1.94 bits per heavy atom. The molecule has 176 valence electrons. The summed E-state index contributed by atoms with van der Waals surface area (Å²) in [4.78, 5) is 13.2. The molecule has 9 nitrogen and oxygen atoms in total. The van der Waals surface area contributed by atoms with Gasteiger partial charge in [-0.3, -0.25) is 9.38 Å². The standard InChI is InChI=1S/C24H26N6O3S/c1-15-4-9-19(34(32,33)29-17-5-7-18(31)8-6-17)11-20(15)22-13-27-24-23(25)28-21(14-30(22)24)16-3-2-10-26-12-16/h2-4,9-14,17-18,29,31H,5-8H2,1H3,(H2,25,28)/t17-,18-. The van der Waals surface area contributed by atoms with Gasteiger partial charge in [0.2, 0.25) is 10.0 Å². The molecular weight excluding hydrogens is 452 g/mol. The molecule has 0 aliphatic heterocycles. The Hall–Kier alpha value is -3.34. The number of nitrogens with two attached hydrogens (primary N) is 1. The van der Waals surface area contributed by atoms with Crippen molar-refractivity contribution in [2.75, 3.05) is 5.73 Å². The summed E-state index contributed by atoms with van der Waals surface area (Å²) in [7, 11) is -3.73. The molecule has 0 spiro atoms. The fraction of sp³-hybridized carbons (Fsp3) is 0.292. The summed E-state index contributed by atoms with van der Waals surface area (Å²) >= 11 is 0. The third-order valence-corrected chi connectivity index (χ3v) is 7.81. The number of nitrogens with zero attached hydrogens (tertiary/aromatic N) is 4. The topological polar surface area (TPSA) is 136 Å². The van der Waals surface area contributed by atoms with E-state index in [1.165, 1.54) is 0 Å². The molecule has 4 aromatic rings. The van der Waals surface area contributed by atoms with Gasteiger partial charge in [-0.2, -0.15) is 0 Å². The number of aliphatic hydroxyl groups excluding tert-OH is 1. The van der Waals surface area contributed by atoms with Gasteiger partial charge in [0.1, 0.15) is 0 Å². The summed E-state index contributed by atoms with van der Waals surface area (Å²) < 4.78 is 30.9. The van der Waals surface area contributed by atoms with Crippen LogP contribution in [0, 0.1) is 6.92 Å². The van der Waals surface area contributed by atoms with Crippen LogP contribution in [0.3, 0.4) is 0 Å². The Morgan fingerprint density at radius 1 is 1.15 bits per heavy atom. The summed E-state index contributed by atoms with van der Waals surface area (Å²) in [5.74, 6) is 0.273. The van der Waals surface area contributed by atoms with E-state index in [0.29, 0.717) is 42.7 Å². The zero-order chi connectivity index (χ0) is 23.9. The van der Waals surface area contributed by atoms with Gasteiger partial charge >= 0.3 is 0 Å². The minimum atomic E-state index is -3.73. The van der Waals surface area contributed by atoms with Crippen molar-refractivity contribution >= 4 is 21.5 Å². The second-order valence-corrected chi connectivity index (χ2v) is 10.4. The smallest absolute Gasteiger partial charge is 0.240 e. The third kappa shape index (κ3) is 4.27. The maximum Gasteiger partial charge on any atom is 0.240 e. The average Bonchev–Trinajstić information content (AvgIpc) is 3.25. The van der Waals surface area contributed by atoms with Crippen LogP contribution >= 0.6 is 0 Å². The number of hydrogen-bond donors (Lipinski definition) is 3. The largest absolute Gasteiger partial charge is 0.393 e. The van der Waals surface area contributed by atoms with E-state index in [1.54, 1.807) is 36.8 Å². The van der Waals surface area contributed by atoms with Crippen molar-refractivity contribution in [1.82, 2.24) is 24.1 Å². The lowest BCUT2D eigenvalue weighted by Crippen LogP contribution is -2.38. The second kappa shape index (κ2) is 8.79. The van der Waals surface area contributed by atoms with Gasteiger partial charge in [0.15, 0.2) is 11.5 Å². The highest BCUT2D eigenvalue weighted by atomic mass is 32.2. The van der Waals surface area contributed by atoms with Crippen LogP contribution in [0.2, 0.25) is 0 Å². The van der Waals surface area contributed by atoms with Crippen molar-refractivity contribution in [3.8, 4) is 22.5 Å². The van der Waals surface area contributed by atoms with Crippen LogP contribution in [0.15, 0.2) is 60.0 Å². The Labute approximate surface area is 197 Å². The van der Waals surface area contributed by atoms with Gasteiger partial charge < -0.3 is 10.8 Å². The van der Waals surface area contributed by atoms with Crippen LogP contribution in [0.1, 0.15) is 31.2 Å². The van der Waals surface area contributed by atoms with Crippen molar-refractivity contribution in [3.63, 3.8) is 0 Å². The predicted molar refractivity (Wildman–Crippen MR) is 129 cm³/mol. The third-order valence-electron chi connectivity index (χ3n) is 6.29. The summed E-state index contributed by atoms with van der Waals surface area (Å²) in [6.45, 7) is 1.92. The van der Waals surface area contributed by atoms with E-state index in [-0.39, 0.29) is 22.9 Å². The molecule has 1 aromatic carbocycles. The van der Waals surface area contributed by atoms with E-state index in [0.717, 1.165) is 16.7 Å². The van der Waals surface area contributed by atoms with Crippen LogP contribution in [0.5, 0.6) is 0 Å². The van der Waals surface area contributed by atoms with Crippen LogP contribution in [-0.4, -0.2) is 45.0 Å². The van der Waals surface area contributed by atoms with E-state index in [4.69, 9.17) is 5.73 Å². The second-order valence-electron chi connectivity index (χ2n) is 8.69. The molecule has 0 radical (unpaired) electrons. The number of anilines is 1. The molecule has 1 saturated carbocycles. The highest BCUT2D eigenvalue weighted by Crippen LogP contribution is 2.30. The Morgan fingerprint density at radius 3 is 2.68 bits per heavy atom. The summed E-state index contributed by atoms with van der Waals surface area (Å²) in [5.41, 5.74) is 10.5. The molecule has 0 atom stereocenters. The number of imidazole rings is 1. The van der Waals surface area contributed by atoms with Crippen molar-refractivity contribution in [1.29, 1.82) is 0 Å². The summed E-state index contributed by atoms with van der Waals surface area (Å²) in [6, 6.07) is 8.61. The number of nitrogens with one attached hydrogen (secondary N) is 1. The summed E-state index contributed by atoms with van der Waals surface area (Å²) in [5, 5.41) is 9.71. The number of hydrogen-bond acceptors (Lipinski definition) is 7. The number of aromatic nitrogens is 4. The van der Waals surface area contributed by atoms with Gasteiger partial charge in [0, 0.05) is 35.8 Å². The maximum atomic E-state index is 13.1. The Kier molecular flexibility index (Phi) is 5.80. The molecule has 5 rings (SSSR count). The first-order valence-electron chi connectivity index (χ1n) is 11.2. The highest BCUT2D eigenvalue weighted by Gasteiger charge is 2.25. The predicted octanol–water partition coefficient (Wildman–Crippen LogP) is 2.93. The zero-order valence-electron chi connectivity index (χ0n) is 18.7.